The normalized spacial score (nSPS) is 24.8. The zero-order valence-electron chi connectivity index (χ0n) is 12.7. The zero-order valence-corrected chi connectivity index (χ0v) is 12.7. The summed E-state index contributed by atoms with van der Waals surface area (Å²) < 4.78 is 31.7. The molecule has 1 fully saturated rings. The quantitative estimate of drug-likeness (QED) is 0.797. The minimum Gasteiger partial charge on any atom is -0.463 e. The van der Waals surface area contributed by atoms with Crippen molar-refractivity contribution in [2.75, 3.05) is 0 Å². The van der Waals surface area contributed by atoms with Crippen LogP contribution in [0.3, 0.4) is 0 Å². The molecule has 2 rings (SSSR count). The van der Waals surface area contributed by atoms with E-state index >= 15 is 0 Å². The molecule has 0 bridgehead atoms. The summed E-state index contributed by atoms with van der Waals surface area (Å²) in [6, 6.07) is 5.83. The number of nitriles is 1. The van der Waals surface area contributed by atoms with Crippen molar-refractivity contribution in [3.8, 4) is 6.07 Å². The van der Waals surface area contributed by atoms with Crippen LogP contribution in [-0.2, 0) is 14.9 Å². The number of benzene rings is 1. The molecule has 3 nitrogen and oxygen atoms in total. The van der Waals surface area contributed by atoms with Gasteiger partial charge in [0.2, 0.25) is 0 Å². The van der Waals surface area contributed by atoms with E-state index in [1.807, 2.05) is 0 Å². The Morgan fingerprint density at radius 1 is 1.32 bits per heavy atom. The molecule has 1 aliphatic carbocycles. The van der Waals surface area contributed by atoms with E-state index in [1.165, 1.54) is 6.07 Å². The van der Waals surface area contributed by atoms with Crippen LogP contribution in [0.5, 0.6) is 0 Å². The molecule has 0 unspecified atom stereocenters. The molecule has 1 aromatic rings. The number of hydrogen-bond acceptors (Lipinski definition) is 3. The van der Waals surface area contributed by atoms with E-state index < -0.39 is 17.0 Å². The summed E-state index contributed by atoms with van der Waals surface area (Å²) >= 11 is 0. The summed E-state index contributed by atoms with van der Waals surface area (Å²) in [6.07, 6.45) is 1.73. The number of esters is 1. The lowest BCUT2D eigenvalue weighted by atomic mass is 9.67. The maximum Gasteiger partial charge on any atom is 0.309 e. The van der Waals surface area contributed by atoms with Crippen molar-refractivity contribution in [1.82, 2.24) is 0 Å². The largest absolute Gasteiger partial charge is 0.463 e. The number of nitrogens with zero attached hydrogens (tertiary/aromatic N) is 1. The number of carbonyl (C=O) groups excluding carboxylic acids is 1. The minimum atomic E-state index is -0.950. The Kier molecular flexibility index (Phi) is 4.80. The Bertz CT molecular complexity index is 599. The molecule has 1 saturated carbocycles. The third-order valence-corrected chi connectivity index (χ3v) is 4.21. The number of carbonyl (C=O) groups is 1. The fourth-order valence-electron chi connectivity index (χ4n) is 2.93. The van der Waals surface area contributed by atoms with Crippen LogP contribution in [-0.4, -0.2) is 12.1 Å². The van der Waals surface area contributed by atoms with E-state index in [1.54, 1.807) is 13.8 Å². The highest BCUT2D eigenvalue weighted by molar-refractivity contribution is 5.72. The van der Waals surface area contributed by atoms with Gasteiger partial charge < -0.3 is 4.74 Å². The third kappa shape index (κ3) is 3.27. The predicted molar refractivity (Wildman–Crippen MR) is 76.8 cm³/mol. The molecular formula is C17H19F2NO2. The molecule has 0 aromatic heterocycles. The second kappa shape index (κ2) is 6.43. The maximum absolute atomic E-state index is 13.4. The Balaban J connectivity index is 2.13. The van der Waals surface area contributed by atoms with Crippen LogP contribution in [0.1, 0.15) is 45.1 Å². The van der Waals surface area contributed by atoms with Gasteiger partial charge in [-0.3, -0.25) is 4.79 Å². The molecule has 0 spiro atoms. The van der Waals surface area contributed by atoms with Crippen LogP contribution in [0, 0.1) is 28.9 Å². The molecule has 0 heterocycles. The van der Waals surface area contributed by atoms with Gasteiger partial charge in [0.15, 0.2) is 11.6 Å². The van der Waals surface area contributed by atoms with Gasteiger partial charge in [-0.25, -0.2) is 8.78 Å². The van der Waals surface area contributed by atoms with Crippen LogP contribution in [0.25, 0.3) is 0 Å². The molecular weight excluding hydrogens is 288 g/mol. The predicted octanol–water partition coefficient (Wildman–Crippen LogP) is 3.87. The van der Waals surface area contributed by atoms with Crippen molar-refractivity contribution in [1.29, 1.82) is 5.26 Å². The average molecular weight is 307 g/mol. The molecule has 118 valence electrons. The van der Waals surface area contributed by atoms with Crippen LogP contribution in [0.2, 0.25) is 0 Å². The van der Waals surface area contributed by atoms with E-state index in [0.29, 0.717) is 31.2 Å². The lowest BCUT2D eigenvalue weighted by molar-refractivity contribution is -0.153. The molecule has 22 heavy (non-hydrogen) atoms. The van der Waals surface area contributed by atoms with Gasteiger partial charge in [-0.05, 0) is 57.2 Å². The fraction of sp³-hybridized carbons (Fsp3) is 0.529. The standard InChI is InChI=1S/C17H19F2NO2/c1-11(2)22-16(21)12-5-7-17(10-20,8-6-12)13-3-4-14(18)15(19)9-13/h3-4,9,11-12H,5-8H2,1-2H3. The molecule has 0 aliphatic heterocycles. The van der Waals surface area contributed by atoms with E-state index in [0.717, 1.165) is 12.1 Å². The van der Waals surface area contributed by atoms with Gasteiger partial charge in [0.25, 0.3) is 0 Å². The molecule has 5 heteroatoms. The summed E-state index contributed by atoms with van der Waals surface area (Å²) in [7, 11) is 0. The van der Waals surface area contributed by atoms with Crippen molar-refractivity contribution in [3.05, 3.63) is 35.4 Å². The van der Waals surface area contributed by atoms with Gasteiger partial charge in [-0.2, -0.15) is 5.26 Å². The third-order valence-electron chi connectivity index (χ3n) is 4.21. The summed E-state index contributed by atoms with van der Waals surface area (Å²) in [5, 5.41) is 9.54. The van der Waals surface area contributed by atoms with E-state index in [4.69, 9.17) is 4.74 Å². The lowest BCUT2D eigenvalue weighted by Gasteiger charge is -2.34. The number of ether oxygens (including phenoxy) is 1. The molecule has 0 N–H and O–H groups in total. The second-order valence-corrected chi connectivity index (χ2v) is 6.08. The first-order valence-corrected chi connectivity index (χ1v) is 7.45. The van der Waals surface area contributed by atoms with Crippen molar-refractivity contribution >= 4 is 5.97 Å². The first kappa shape index (κ1) is 16.4. The van der Waals surface area contributed by atoms with Crippen molar-refractivity contribution < 1.29 is 18.3 Å². The number of halogens is 2. The fourth-order valence-corrected chi connectivity index (χ4v) is 2.93. The SMILES string of the molecule is CC(C)OC(=O)C1CCC(C#N)(c2ccc(F)c(F)c2)CC1. The molecule has 0 atom stereocenters. The van der Waals surface area contributed by atoms with Crippen LogP contribution in [0.15, 0.2) is 18.2 Å². The van der Waals surface area contributed by atoms with Crippen molar-refractivity contribution in [3.63, 3.8) is 0 Å². The Morgan fingerprint density at radius 2 is 1.95 bits per heavy atom. The van der Waals surface area contributed by atoms with E-state index in [2.05, 4.69) is 6.07 Å². The first-order chi connectivity index (χ1) is 10.4. The molecule has 1 aliphatic rings. The molecule has 1 aromatic carbocycles. The highest BCUT2D eigenvalue weighted by Crippen LogP contribution is 2.42. The van der Waals surface area contributed by atoms with Gasteiger partial charge in [0, 0.05) is 0 Å². The first-order valence-electron chi connectivity index (χ1n) is 7.45. The van der Waals surface area contributed by atoms with Crippen molar-refractivity contribution in [2.24, 2.45) is 5.92 Å². The zero-order chi connectivity index (χ0) is 16.3. The van der Waals surface area contributed by atoms with Gasteiger partial charge in [0.1, 0.15) is 0 Å². The summed E-state index contributed by atoms with van der Waals surface area (Å²) in [5.74, 6) is -2.35. The molecule has 0 amide bonds. The Hall–Kier alpha value is -1.96. The van der Waals surface area contributed by atoms with E-state index in [9.17, 15) is 18.8 Å². The number of hydrogen-bond donors (Lipinski definition) is 0. The molecule has 0 saturated heterocycles. The van der Waals surface area contributed by atoms with Gasteiger partial charge >= 0.3 is 5.97 Å². The monoisotopic (exact) mass is 307 g/mol. The summed E-state index contributed by atoms with van der Waals surface area (Å²) in [5.41, 5.74) is -0.382. The lowest BCUT2D eigenvalue weighted by Crippen LogP contribution is -2.34. The van der Waals surface area contributed by atoms with E-state index in [-0.39, 0.29) is 18.0 Å². The minimum absolute atomic E-state index is 0.165. The van der Waals surface area contributed by atoms with Gasteiger partial charge in [-0.1, -0.05) is 6.07 Å². The highest BCUT2D eigenvalue weighted by Gasteiger charge is 2.40. The van der Waals surface area contributed by atoms with Crippen LogP contribution in [0.4, 0.5) is 8.78 Å². The van der Waals surface area contributed by atoms with Gasteiger partial charge in [0.05, 0.1) is 23.5 Å². The van der Waals surface area contributed by atoms with Gasteiger partial charge in [-0.15, -0.1) is 0 Å². The molecule has 0 radical (unpaired) electrons. The number of rotatable bonds is 3. The van der Waals surface area contributed by atoms with Crippen molar-refractivity contribution in [2.45, 2.75) is 51.0 Å². The maximum atomic E-state index is 13.4. The average Bonchev–Trinajstić information content (AvgIpc) is 2.49. The topological polar surface area (TPSA) is 50.1 Å². The van der Waals surface area contributed by atoms with Crippen LogP contribution >= 0.6 is 0 Å². The summed E-state index contributed by atoms with van der Waals surface area (Å²) in [6.45, 7) is 3.59. The highest BCUT2D eigenvalue weighted by atomic mass is 19.2. The smallest absolute Gasteiger partial charge is 0.309 e. The Morgan fingerprint density at radius 3 is 2.45 bits per heavy atom. The second-order valence-electron chi connectivity index (χ2n) is 6.08. The van der Waals surface area contributed by atoms with Crippen LogP contribution < -0.4 is 0 Å². The summed E-state index contributed by atoms with van der Waals surface area (Å²) in [4.78, 5) is 11.9. The Labute approximate surface area is 128 Å².